The monoisotopic (exact) mass is 277 g/mol. The molecule has 1 amide bonds. The van der Waals surface area contributed by atoms with Crippen molar-refractivity contribution in [3.8, 4) is 0 Å². The normalized spacial score (nSPS) is 15.9. The minimum atomic E-state index is -0.0254. The van der Waals surface area contributed by atoms with E-state index in [9.17, 15) is 4.79 Å². The molecule has 1 fully saturated rings. The highest BCUT2D eigenvalue weighted by atomic mass is 16.5. The molecule has 0 saturated carbocycles. The number of carbonyl (C=O) groups is 1. The summed E-state index contributed by atoms with van der Waals surface area (Å²) in [6, 6.07) is 5.81. The summed E-state index contributed by atoms with van der Waals surface area (Å²) in [7, 11) is 1.83. The lowest BCUT2D eigenvalue weighted by atomic mass is 10.1. The molecule has 0 atom stereocenters. The molecule has 5 nitrogen and oxygen atoms in total. The summed E-state index contributed by atoms with van der Waals surface area (Å²) in [4.78, 5) is 14.5. The molecule has 0 aromatic heterocycles. The van der Waals surface area contributed by atoms with Gasteiger partial charge in [-0.2, -0.15) is 0 Å². The van der Waals surface area contributed by atoms with Crippen LogP contribution >= 0.6 is 0 Å². The molecule has 0 aliphatic carbocycles. The SMILES string of the molecule is CNc1cc(C)ccc1C(=O)NCCN1CCOCC1. The van der Waals surface area contributed by atoms with Gasteiger partial charge < -0.3 is 15.4 Å². The average molecular weight is 277 g/mol. The molecule has 1 heterocycles. The van der Waals surface area contributed by atoms with E-state index in [1.807, 2.05) is 32.2 Å². The first-order chi connectivity index (χ1) is 9.70. The van der Waals surface area contributed by atoms with E-state index in [1.54, 1.807) is 0 Å². The minimum absolute atomic E-state index is 0.0254. The van der Waals surface area contributed by atoms with Crippen molar-refractivity contribution in [2.24, 2.45) is 0 Å². The third kappa shape index (κ3) is 3.95. The number of morpholine rings is 1. The summed E-state index contributed by atoms with van der Waals surface area (Å²) in [6.45, 7) is 7.02. The fourth-order valence-corrected chi connectivity index (χ4v) is 2.31. The molecule has 0 bridgehead atoms. The number of rotatable bonds is 5. The molecule has 0 spiro atoms. The highest BCUT2D eigenvalue weighted by molar-refractivity contribution is 5.99. The van der Waals surface area contributed by atoms with Crippen LogP contribution in [-0.4, -0.2) is 57.2 Å². The minimum Gasteiger partial charge on any atom is -0.387 e. The van der Waals surface area contributed by atoms with Crippen molar-refractivity contribution in [1.29, 1.82) is 0 Å². The van der Waals surface area contributed by atoms with Gasteiger partial charge in [-0.1, -0.05) is 6.07 Å². The highest BCUT2D eigenvalue weighted by Gasteiger charge is 2.12. The van der Waals surface area contributed by atoms with Gasteiger partial charge in [-0.3, -0.25) is 9.69 Å². The van der Waals surface area contributed by atoms with E-state index in [2.05, 4.69) is 15.5 Å². The second-order valence-corrected chi connectivity index (χ2v) is 5.01. The van der Waals surface area contributed by atoms with Crippen LogP contribution in [0.5, 0.6) is 0 Å². The first-order valence-electron chi connectivity index (χ1n) is 7.07. The first kappa shape index (κ1) is 14.8. The second kappa shape index (κ2) is 7.26. The van der Waals surface area contributed by atoms with Crippen LogP contribution in [0.15, 0.2) is 18.2 Å². The zero-order valence-corrected chi connectivity index (χ0v) is 12.2. The number of nitrogens with zero attached hydrogens (tertiary/aromatic N) is 1. The Labute approximate surface area is 120 Å². The Hall–Kier alpha value is -1.59. The van der Waals surface area contributed by atoms with E-state index in [4.69, 9.17) is 4.74 Å². The third-order valence-electron chi connectivity index (χ3n) is 3.51. The van der Waals surface area contributed by atoms with Crippen molar-refractivity contribution >= 4 is 11.6 Å². The smallest absolute Gasteiger partial charge is 0.253 e. The summed E-state index contributed by atoms with van der Waals surface area (Å²) in [5.74, 6) is -0.0254. The number of amides is 1. The predicted octanol–water partition coefficient (Wildman–Crippen LogP) is 1.10. The summed E-state index contributed by atoms with van der Waals surface area (Å²) in [6.07, 6.45) is 0. The van der Waals surface area contributed by atoms with Crippen LogP contribution in [-0.2, 0) is 4.74 Å². The van der Waals surface area contributed by atoms with E-state index in [-0.39, 0.29) is 5.91 Å². The molecule has 1 saturated heterocycles. The summed E-state index contributed by atoms with van der Waals surface area (Å²) in [5, 5.41) is 6.05. The summed E-state index contributed by atoms with van der Waals surface area (Å²) < 4.78 is 5.30. The largest absolute Gasteiger partial charge is 0.387 e. The van der Waals surface area contributed by atoms with Crippen molar-refractivity contribution in [2.45, 2.75) is 6.92 Å². The Bertz CT molecular complexity index is 456. The van der Waals surface area contributed by atoms with Crippen LogP contribution in [0.2, 0.25) is 0 Å². The number of hydrogen-bond acceptors (Lipinski definition) is 4. The summed E-state index contributed by atoms with van der Waals surface area (Å²) in [5.41, 5.74) is 2.70. The molecular weight excluding hydrogens is 254 g/mol. The van der Waals surface area contributed by atoms with Crippen LogP contribution in [0.25, 0.3) is 0 Å². The molecule has 0 radical (unpaired) electrons. The number of benzene rings is 1. The lowest BCUT2D eigenvalue weighted by molar-refractivity contribution is 0.0383. The lowest BCUT2D eigenvalue weighted by Gasteiger charge is -2.26. The number of anilines is 1. The van der Waals surface area contributed by atoms with Gasteiger partial charge in [0.05, 0.1) is 18.8 Å². The molecule has 0 unspecified atom stereocenters. The molecule has 2 rings (SSSR count). The number of ether oxygens (including phenoxy) is 1. The molecule has 2 N–H and O–H groups in total. The molecule has 110 valence electrons. The fraction of sp³-hybridized carbons (Fsp3) is 0.533. The van der Waals surface area contributed by atoms with Crippen LogP contribution in [0.4, 0.5) is 5.69 Å². The fourth-order valence-electron chi connectivity index (χ4n) is 2.31. The quantitative estimate of drug-likeness (QED) is 0.846. The molecule has 5 heteroatoms. The van der Waals surface area contributed by atoms with Crippen LogP contribution < -0.4 is 10.6 Å². The van der Waals surface area contributed by atoms with E-state index < -0.39 is 0 Å². The van der Waals surface area contributed by atoms with Crippen molar-refractivity contribution in [2.75, 3.05) is 51.8 Å². The van der Waals surface area contributed by atoms with Crippen LogP contribution in [0.3, 0.4) is 0 Å². The van der Waals surface area contributed by atoms with Gasteiger partial charge in [0.15, 0.2) is 0 Å². The molecular formula is C15H23N3O2. The topological polar surface area (TPSA) is 53.6 Å². The number of aryl methyl sites for hydroxylation is 1. The Kier molecular flexibility index (Phi) is 5.38. The zero-order chi connectivity index (χ0) is 14.4. The van der Waals surface area contributed by atoms with Gasteiger partial charge >= 0.3 is 0 Å². The molecule has 20 heavy (non-hydrogen) atoms. The first-order valence-corrected chi connectivity index (χ1v) is 7.07. The maximum atomic E-state index is 12.2. The standard InChI is InChI=1S/C15H23N3O2/c1-12-3-4-13(14(11-12)16-2)15(19)17-5-6-18-7-9-20-10-8-18/h3-4,11,16H,5-10H2,1-2H3,(H,17,19). The van der Waals surface area contributed by atoms with Crippen LogP contribution in [0.1, 0.15) is 15.9 Å². The maximum absolute atomic E-state index is 12.2. The van der Waals surface area contributed by atoms with E-state index in [0.29, 0.717) is 12.1 Å². The second-order valence-electron chi connectivity index (χ2n) is 5.01. The summed E-state index contributed by atoms with van der Waals surface area (Å²) >= 11 is 0. The van der Waals surface area contributed by atoms with Crippen molar-refractivity contribution in [3.05, 3.63) is 29.3 Å². The number of carbonyl (C=O) groups excluding carboxylic acids is 1. The van der Waals surface area contributed by atoms with Gasteiger partial charge in [-0.15, -0.1) is 0 Å². The molecule has 1 aliphatic heterocycles. The van der Waals surface area contributed by atoms with E-state index >= 15 is 0 Å². The Balaban J connectivity index is 1.85. The van der Waals surface area contributed by atoms with Gasteiger partial charge in [0.1, 0.15) is 0 Å². The maximum Gasteiger partial charge on any atom is 0.253 e. The van der Waals surface area contributed by atoms with Gasteiger partial charge in [0, 0.05) is 38.9 Å². The van der Waals surface area contributed by atoms with E-state index in [1.165, 1.54) is 0 Å². The van der Waals surface area contributed by atoms with E-state index in [0.717, 1.165) is 44.1 Å². The Morgan fingerprint density at radius 3 is 2.80 bits per heavy atom. The van der Waals surface area contributed by atoms with Crippen molar-refractivity contribution in [1.82, 2.24) is 10.2 Å². The van der Waals surface area contributed by atoms with Crippen molar-refractivity contribution in [3.63, 3.8) is 0 Å². The molecule has 1 aromatic carbocycles. The van der Waals surface area contributed by atoms with Crippen molar-refractivity contribution < 1.29 is 9.53 Å². The van der Waals surface area contributed by atoms with Crippen LogP contribution in [0, 0.1) is 6.92 Å². The zero-order valence-electron chi connectivity index (χ0n) is 12.2. The van der Waals surface area contributed by atoms with Gasteiger partial charge in [-0.25, -0.2) is 0 Å². The Morgan fingerprint density at radius 2 is 2.10 bits per heavy atom. The predicted molar refractivity (Wildman–Crippen MR) is 80.3 cm³/mol. The van der Waals surface area contributed by atoms with Gasteiger partial charge in [0.2, 0.25) is 0 Å². The van der Waals surface area contributed by atoms with Gasteiger partial charge in [-0.05, 0) is 24.6 Å². The molecule has 1 aromatic rings. The van der Waals surface area contributed by atoms with Gasteiger partial charge in [0.25, 0.3) is 5.91 Å². The highest BCUT2D eigenvalue weighted by Crippen LogP contribution is 2.16. The third-order valence-corrected chi connectivity index (χ3v) is 3.51. The average Bonchev–Trinajstić information content (AvgIpc) is 2.48. The number of nitrogens with one attached hydrogen (secondary N) is 2. The lowest BCUT2D eigenvalue weighted by Crippen LogP contribution is -2.41. The molecule has 1 aliphatic rings. The number of hydrogen-bond donors (Lipinski definition) is 2. The Morgan fingerprint density at radius 1 is 1.35 bits per heavy atom.